The van der Waals surface area contributed by atoms with Crippen molar-refractivity contribution < 1.29 is 9.13 Å². The minimum absolute atomic E-state index is 0.0562. The lowest BCUT2D eigenvalue weighted by molar-refractivity contribution is -0.0605. The van der Waals surface area contributed by atoms with Gasteiger partial charge < -0.3 is 15.0 Å². The first-order valence-electron chi connectivity index (χ1n) is 8.39. The quantitative estimate of drug-likeness (QED) is 0.684. The minimum atomic E-state index is -0.238. The van der Waals surface area contributed by atoms with Crippen LogP contribution in [0.1, 0.15) is 24.2 Å². The molecule has 2 unspecified atom stereocenters. The van der Waals surface area contributed by atoms with E-state index in [-0.39, 0.29) is 18.0 Å². The van der Waals surface area contributed by atoms with Gasteiger partial charge in [0.05, 0.1) is 18.8 Å². The molecule has 3 rings (SSSR count). The predicted molar refractivity (Wildman–Crippen MR) is 94.7 cm³/mol. The zero-order valence-corrected chi connectivity index (χ0v) is 14.8. The monoisotopic (exact) mass is 345 g/mol. The average Bonchev–Trinajstić information content (AvgIpc) is 3.01. The van der Waals surface area contributed by atoms with Crippen LogP contribution in [0.15, 0.2) is 41.7 Å². The Labute approximate surface area is 147 Å². The Morgan fingerprint density at radius 2 is 2.12 bits per heavy atom. The van der Waals surface area contributed by atoms with Gasteiger partial charge >= 0.3 is 0 Å². The highest BCUT2D eigenvalue weighted by atomic mass is 19.1. The molecular weight excluding hydrogens is 321 g/mol. The van der Waals surface area contributed by atoms with Crippen molar-refractivity contribution in [3.05, 3.63) is 53.6 Å². The summed E-state index contributed by atoms with van der Waals surface area (Å²) >= 11 is 0. The van der Waals surface area contributed by atoms with Crippen LogP contribution in [0.25, 0.3) is 0 Å². The second kappa shape index (κ2) is 7.65. The number of aromatic nitrogens is 2. The number of nitrogens with zero attached hydrogens (tertiary/aromatic N) is 4. The first-order chi connectivity index (χ1) is 12.0. The normalized spacial score (nSPS) is 21.4. The van der Waals surface area contributed by atoms with Gasteiger partial charge in [0.2, 0.25) is 0 Å². The van der Waals surface area contributed by atoms with E-state index in [1.807, 2.05) is 26.4 Å². The highest BCUT2D eigenvalue weighted by Crippen LogP contribution is 2.25. The fraction of sp³-hybridized carbons (Fsp3) is 0.444. The van der Waals surface area contributed by atoms with E-state index in [0.29, 0.717) is 13.1 Å². The maximum absolute atomic E-state index is 13.2. The molecule has 1 fully saturated rings. The average molecular weight is 345 g/mol. The van der Waals surface area contributed by atoms with Gasteiger partial charge in [-0.05, 0) is 24.6 Å². The Morgan fingerprint density at radius 1 is 1.36 bits per heavy atom. The third-order valence-electron chi connectivity index (χ3n) is 4.22. The Morgan fingerprint density at radius 3 is 2.76 bits per heavy atom. The molecule has 134 valence electrons. The van der Waals surface area contributed by atoms with Crippen molar-refractivity contribution in [2.75, 3.05) is 20.1 Å². The van der Waals surface area contributed by atoms with Crippen LogP contribution in [0.3, 0.4) is 0 Å². The van der Waals surface area contributed by atoms with Gasteiger partial charge in [-0.25, -0.2) is 4.39 Å². The van der Waals surface area contributed by atoms with Crippen molar-refractivity contribution in [2.24, 2.45) is 12.0 Å². The molecule has 2 aromatic rings. The summed E-state index contributed by atoms with van der Waals surface area (Å²) < 4.78 is 21.0. The number of hydrogen-bond donors (Lipinski definition) is 1. The summed E-state index contributed by atoms with van der Waals surface area (Å²) in [6.45, 7) is 4.12. The molecule has 0 saturated carbocycles. The summed E-state index contributed by atoms with van der Waals surface area (Å²) in [4.78, 5) is 6.58. The number of halogens is 1. The van der Waals surface area contributed by atoms with E-state index in [1.165, 1.54) is 12.1 Å². The van der Waals surface area contributed by atoms with Crippen LogP contribution >= 0.6 is 0 Å². The zero-order valence-electron chi connectivity index (χ0n) is 14.8. The molecule has 6 nitrogen and oxygen atoms in total. The van der Waals surface area contributed by atoms with Crippen molar-refractivity contribution in [3.63, 3.8) is 0 Å². The van der Waals surface area contributed by atoms with E-state index >= 15 is 0 Å². The summed E-state index contributed by atoms with van der Waals surface area (Å²) in [5.41, 5.74) is 2.07. The molecule has 0 bridgehead atoms. The Bertz CT molecular complexity index is 727. The van der Waals surface area contributed by atoms with Gasteiger partial charge in [0, 0.05) is 38.9 Å². The molecule has 0 amide bonds. The van der Waals surface area contributed by atoms with E-state index in [0.717, 1.165) is 23.6 Å². The second-order valence-electron chi connectivity index (χ2n) is 6.31. The molecule has 1 saturated heterocycles. The molecule has 7 heteroatoms. The molecule has 0 radical (unpaired) electrons. The minimum Gasteiger partial charge on any atom is -0.367 e. The molecule has 0 aliphatic carbocycles. The zero-order chi connectivity index (χ0) is 17.8. The van der Waals surface area contributed by atoms with Crippen molar-refractivity contribution >= 4 is 5.96 Å². The van der Waals surface area contributed by atoms with Crippen molar-refractivity contribution in [1.29, 1.82) is 0 Å². The molecular formula is C18H24FN5O. The molecule has 1 aliphatic rings. The number of aryl methyl sites for hydroxylation is 1. The Kier molecular flexibility index (Phi) is 5.33. The lowest BCUT2D eigenvalue weighted by Gasteiger charge is -2.38. The lowest BCUT2D eigenvalue weighted by Crippen LogP contribution is -2.50. The number of ether oxygens (including phenoxy) is 1. The maximum Gasteiger partial charge on any atom is 0.194 e. The molecule has 1 aliphatic heterocycles. The van der Waals surface area contributed by atoms with Crippen LogP contribution in [-0.2, 0) is 18.3 Å². The smallest absolute Gasteiger partial charge is 0.194 e. The molecule has 1 aromatic heterocycles. The summed E-state index contributed by atoms with van der Waals surface area (Å²) in [5.74, 6) is 0.588. The van der Waals surface area contributed by atoms with Crippen LogP contribution < -0.4 is 5.32 Å². The van der Waals surface area contributed by atoms with Crippen LogP contribution in [0.4, 0.5) is 4.39 Å². The Balaban J connectivity index is 1.67. The van der Waals surface area contributed by atoms with Gasteiger partial charge in [-0.3, -0.25) is 9.67 Å². The number of guanidine groups is 1. The lowest BCUT2D eigenvalue weighted by atomic mass is 10.1. The second-order valence-corrected chi connectivity index (χ2v) is 6.31. The van der Waals surface area contributed by atoms with E-state index in [1.54, 1.807) is 23.9 Å². The number of nitrogens with one attached hydrogen (secondary N) is 1. The van der Waals surface area contributed by atoms with Crippen molar-refractivity contribution in [2.45, 2.75) is 25.7 Å². The molecule has 25 heavy (non-hydrogen) atoms. The van der Waals surface area contributed by atoms with Crippen LogP contribution in [-0.4, -0.2) is 46.9 Å². The highest BCUT2D eigenvalue weighted by molar-refractivity contribution is 5.80. The summed E-state index contributed by atoms with van der Waals surface area (Å²) in [6, 6.07) is 6.50. The van der Waals surface area contributed by atoms with Gasteiger partial charge in [-0.15, -0.1) is 0 Å². The SMILES string of the molecule is CN=C(NCc1cnn(C)c1)N1CC(C)OC(c2ccc(F)cc2)C1. The molecule has 1 N–H and O–H groups in total. The van der Waals surface area contributed by atoms with Gasteiger partial charge in [-0.1, -0.05) is 12.1 Å². The largest absolute Gasteiger partial charge is 0.367 e. The standard InChI is InChI=1S/C18H24FN5O/c1-13-10-24(12-17(25-13)15-4-6-16(19)7-5-15)18(20-2)21-8-14-9-22-23(3)11-14/h4-7,9,11,13,17H,8,10,12H2,1-3H3,(H,20,21). The highest BCUT2D eigenvalue weighted by Gasteiger charge is 2.28. The van der Waals surface area contributed by atoms with Crippen molar-refractivity contribution in [3.8, 4) is 0 Å². The van der Waals surface area contributed by atoms with E-state index in [4.69, 9.17) is 4.74 Å². The fourth-order valence-corrected chi connectivity index (χ4v) is 3.06. The number of hydrogen-bond acceptors (Lipinski definition) is 3. The van der Waals surface area contributed by atoms with E-state index in [9.17, 15) is 4.39 Å². The number of morpholine rings is 1. The summed E-state index contributed by atoms with van der Waals surface area (Å²) in [5, 5.41) is 7.55. The molecule has 2 atom stereocenters. The first kappa shape index (κ1) is 17.4. The predicted octanol–water partition coefficient (Wildman–Crippen LogP) is 2.10. The summed E-state index contributed by atoms with van der Waals surface area (Å²) in [7, 11) is 3.67. The van der Waals surface area contributed by atoms with E-state index in [2.05, 4.69) is 20.3 Å². The van der Waals surface area contributed by atoms with Crippen LogP contribution in [0.2, 0.25) is 0 Å². The molecule has 2 heterocycles. The number of rotatable bonds is 3. The van der Waals surface area contributed by atoms with Crippen molar-refractivity contribution in [1.82, 2.24) is 20.0 Å². The third-order valence-corrected chi connectivity index (χ3v) is 4.22. The van der Waals surface area contributed by atoms with Crippen LogP contribution in [0, 0.1) is 5.82 Å². The van der Waals surface area contributed by atoms with E-state index < -0.39 is 0 Å². The van der Waals surface area contributed by atoms with Gasteiger partial charge in [0.25, 0.3) is 0 Å². The van der Waals surface area contributed by atoms with Crippen LogP contribution in [0.5, 0.6) is 0 Å². The molecule has 1 aromatic carbocycles. The Hall–Kier alpha value is -2.41. The maximum atomic E-state index is 13.2. The number of benzene rings is 1. The summed E-state index contributed by atoms with van der Waals surface area (Å²) in [6.07, 6.45) is 3.76. The van der Waals surface area contributed by atoms with Gasteiger partial charge in [-0.2, -0.15) is 5.10 Å². The first-order valence-corrected chi connectivity index (χ1v) is 8.39. The van der Waals surface area contributed by atoms with Gasteiger partial charge in [0.1, 0.15) is 11.9 Å². The van der Waals surface area contributed by atoms with Gasteiger partial charge in [0.15, 0.2) is 5.96 Å². The molecule has 0 spiro atoms. The third kappa shape index (κ3) is 4.36. The topological polar surface area (TPSA) is 54.7 Å². The number of aliphatic imine (C=N–C) groups is 1. The fourth-order valence-electron chi connectivity index (χ4n) is 3.06.